The molecule has 0 N–H and O–H groups in total. The maximum Gasteiger partial charge on any atom is 0.428 e. The first-order chi connectivity index (χ1) is 5.39. The second-order valence-corrected chi connectivity index (χ2v) is 2.53. The highest BCUT2D eigenvalue weighted by molar-refractivity contribution is 6.39. The van der Waals surface area contributed by atoms with Gasteiger partial charge in [0.25, 0.3) is 0 Å². The van der Waals surface area contributed by atoms with Crippen molar-refractivity contribution in [2.45, 2.75) is 6.18 Å². The number of hydrogen-bond acceptors (Lipinski definition) is 1. The van der Waals surface area contributed by atoms with Crippen LogP contribution in [0.15, 0.2) is 22.9 Å². The zero-order chi connectivity index (χ0) is 9.78. The van der Waals surface area contributed by atoms with Crippen molar-refractivity contribution in [1.82, 2.24) is 0 Å². The second-order valence-electron chi connectivity index (χ2n) is 1.69. The van der Waals surface area contributed by atoms with Crippen molar-refractivity contribution in [2.75, 3.05) is 6.61 Å². The Morgan fingerprint density at radius 3 is 2.25 bits per heavy atom. The summed E-state index contributed by atoms with van der Waals surface area (Å²) in [5.41, 5.74) is 0. The summed E-state index contributed by atoms with van der Waals surface area (Å²) in [5, 5.41) is -1.96. The van der Waals surface area contributed by atoms with Gasteiger partial charge in [-0.15, -0.1) is 0 Å². The predicted octanol–water partition coefficient (Wildman–Crippen LogP) is 3.40. The third-order valence-electron chi connectivity index (χ3n) is 0.815. The van der Waals surface area contributed by atoms with E-state index in [4.69, 9.17) is 23.2 Å². The van der Waals surface area contributed by atoms with Gasteiger partial charge in [0.05, 0.1) is 11.3 Å². The van der Waals surface area contributed by atoms with E-state index in [0.29, 0.717) is 0 Å². The maximum absolute atomic E-state index is 11.8. The van der Waals surface area contributed by atoms with Crippen LogP contribution in [0.2, 0.25) is 0 Å². The van der Waals surface area contributed by atoms with Gasteiger partial charge in [-0.25, -0.2) is 0 Å². The first kappa shape index (κ1) is 11.6. The summed E-state index contributed by atoms with van der Waals surface area (Å²) < 4.78 is 39.7. The molecule has 6 heteroatoms. The summed E-state index contributed by atoms with van der Waals surface area (Å²) in [4.78, 5) is 0. The molecule has 0 saturated heterocycles. The van der Waals surface area contributed by atoms with Crippen molar-refractivity contribution in [3.05, 3.63) is 22.9 Å². The largest absolute Gasteiger partial charge is 0.496 e. The second kappa shape index (κ2) is 4.62. The quantitative estimate of drug-likeness (QED) is 0.663. The fourth-order valence-electron chi connectivity index (χ4n) is 0.349. The van der Waals surface area contributed by atoms with Gasteiger partial charge in [-0.1, -0.05) is 29.8 Å². The third kappa shape index (κ3) is 3.88. The molecule has 0 aliphatic carbocycles. The topological polar surface area (TPSA) is 9.23 Å². The minimum Gasteiger partial charge on any atom is -0.496 e. The van der Waals surface area contributed by atoms with Gasteiger partial charge in [0.15, 0.2) is 0 Å². The fourth-order valence-corrected chi connectivity index (χ4v) is 0.574. The molecule has 0 radical (unpaired) electrons. The molecular weight excluding hydrogens is 216 g/mol. The van der Waals surface area contributed by atoms with Crippen LogP contribution in [-0.4, -0.2) is 12.8 Å². The van der Waals surface area contributed by atoms with Crippen LogP contribution >= 0.6 is 23.2 Å². The van der Waals surface area contributed by atoms with Gasteiger partial charge in [-0.05, 0) is 0 Å². The number of ether oxygens (including phenoxy) is 1. The summed E-state index contributed by atoms with van der Waals surface area (Å²) in [6.45, 7) is 2.70. The highest BCUT2D eigenvalue weighted by atomic mass is 35.5. The summed E-state index contributed by atoms with van der Waals surface area (Å²) in [6.07, 6.45) is -3.65. The van der Waals surface area contributed by atoms with Crippen molar-refractivity contribution in [3.8, 4) is 0 Å². The molecule has 70 valence electrons. The standard InChI is InChI=1S/C6H5Cl2F3O/c1-2-12-3-4(7)5(8)6(9,10)11/h2H,1,3H2. The molecule has 0 atom stereocenters. The molecule has 0 amide bonds. The molecule has 0 rings (SSSR count). The molecular formula is C6H5Cl2F3O. The van der Waals surface area contributed by atoms with Crippen LogP contribution in [0.25, 0.3) is 0 Å². The molecule has 0 saturated carbocycles. The van der Waals surface area contributed by atoms with Crippen LogP contribution in [0.5, 0.6) is 0 Å². The number of rotatable bonds is 3. The number of alkyl halides is 3. The Kier molecular flexibility index (Phi) is 4.49. The molecule has 0 bridgehead atoms. The van der Waals surface area contributed by atoms with Crippen LogP contribution < -0.4 is 0 Å². The van der Waals surface area contributed by atoms with Crippen molar-refractivity contribution in [1.29, 1.82) is 0 Å². The van der Waals surface area contributed by atoms with E-state index in [1.165, 1.54) is 0 Å². The molecule has 0 aromatic heterocycles. The van der Waals surface area contributed by atoms with Gasteiger partial charge in [0.2, 0.25) is 0 Å². The zero-order valence-electron chi connectivity index (χ0n) is 5.79. The van der Waals surface area contributed by atoms with Crippen molar-refractivity contribution >= 4 is 23.2 Å². The summed E-state index contributed by atoms with van der Waals surface area (Å²) in [5.74, 6) is 0. The Hall–Kier alpha value is -0.350. The van der Waals surface area contributed by atoms with Gasteiger partial charge in [-0.2, -0.15) is 13.2 Å². The number of halogens is 5. The van der Waals surface area contributed by atoms with E-state index in [-0.39, 0.29) is 0 Å². The lowest BCUT2D eigenvalue weighted by molar-refractivity contribution is -0.0852. The lowest BCUT2D eigenvalue weighted by Gasteiger charge is -2.06. The lowest BCUT2D eigenvalue weighted by Crippen LogP contribution is -2.09. The number of hydrogen-bond donors (Lipinski definition) is 0. The normalized spacial score (nSPS) is 13.8. The summed E-state index contributed by atoms with van der Waals surface area (Å²) >= 11 is 10.0. The Balaban J connectivity index is 4.36. The molecule has 1 nitrogen and oxygen atoms in total. The Morgan fingerprint density at radius 2 is 1.92 bits per heavy atom. The number of allylic oxidation sites excluding steroid dienone is 1. The van der Waals surface area contributed by atoms with Crippen LogP contribution in [0, 0.1) is 0 Å². The van der Waals surface area contributed by atoms with Crippen molar-refractivity contribution in [2.24, 2.45) is 0 Å². The van der Waals surface area contributed by atoms with Crippen molar-refractivity contribution in [3.63, 3.8) is 0 Å². The fraction of sp³-hybridized carbons (Fsp3) is 0.333. The smallest absolute Gasteiger partial charge is 0.428 e. The van der Waals surface area contributed by atoms with E-state index in [2.05, 4.69) is 11.3 Å². The van der Waals surface area contributed by atoms with Crippen LogP contribution in [0.3, 0.4) is 0 Å². The van der Waals surface area contributed by atoms with Crippen LogP contribution in [0.1, 0.15) is 0 Å². The van der Waals surface area contributed by atoms with E-state index >= 15 is 0 Å². The zero-order valence-corrected chi connectivity index (χ0v) is 7.30. The molecule has 0 aliphatic rings. The minimum absolute atomic E-state index is 0.427. The highest BCUT2D eigenvalue weighted by Crippen LogP contribution is 2.32. The van der Waals surface area contributed by atoms with E-state index < -0.39 is 22.8 Å². The van der Waals surface area contributed by atoms with Crippen molar-refractivity contribution < 1.29 is 17.9 Å². The van der Waals surface area contributed by atoms with Crippen LogP contribution in [0.4, 0.5) is 13.2 Å². The summed E-state index contributed by atoms with van der Waals surface area (Å²) in [7, 11) is 0. The van der Waals surface area contributed by atoms with E-state index in [0.717, 1.165) is 6.26 Å². The average molecular weight is 221 g/mol. The van der Waals surface area contributed by atoms with E-state index in [1.807, 2.05) is 0 Å². The molecule has 0 aromatic carbocycles. The van der Waals surface area contributed by atoms with Gasteiger partial charge in [0, 0.05) is 0 Å². The Bertz CT molecular complexity index is 197. The Morgan fingerprint density at radius 1 is 1.42 bits per heavy atom. The molecule has 0 fully saturated rings. The van der Waals surface area contributed by atoms with E-state index in [1.54, 1.807) is 0 Å². The highest BCUT2D eigenvalue weighted by Gasteiger charge is 2.34. The van der Waals surface area contributed by atoms with Gasteiger partial charge in [0.1, 0.15) is 11.6 Å². The molecule has 0 spiro atoms. The molecule has 0 aliphatic heterocycles. The van der Waals surface area contributed by atoms with Gasteiger partial charge < -0.3 is 4.74 Å². The van der Waals surface area contributed by atoms with Gasteiger partial charge in [-0.3, -0.25) is 0 Å². The Labute approximate surface area is 77.4 Å². The first-order valence-electron chi connectivity index (χ1n) is 2.73. The first-order valence-corrected chi connectivity index (χ1v) is 3.49. The van der Waals surface area contributed by atoms with Gasteiger partial charge >= 0.3 is 6.18 Å². The SMILES string of the molecule is C=COCC(Cl)=C(Cl)C(F)(F)F. The monoisotopic (exact) mass is 220 g/mol. The predicted molar refractivity (Wildman–Crippen MR) is 40.9 cm³/mol. The maximum atomic E-state index is 11.8. The molecule has 0 unspecified atom stereocenters. The lowest BCUT2D eigenvalue weighted by atomic mass is 10.5. The minimum atomic E-state index is -4.62. The molecule has 0 heterocycles. The summed E-state index contributed by atoms with van der Waals surface area (Å²) in [6, 6.07) is 0. The van der Waals surface area contributed by atoms with Crippen LogP contribution in [-0.2, 0) is 4.74 Å². The van der Waals surface area contributed by atoms with E-state index in [9.17, 15) is 13.2 Å². The molecule has 0 aromatic rings. The third-order valence-corrected chi connectivity index (χ3v) is 1.65. The average Bonchev–Trinajstić information content (AvgIpc) is 1.97. The molecule has 12 heavy (non-hydrogen) atoms.